The van der Waals surface area contributed by atoms with Crippen molar-refractivity contribution in [2.75, 3.05) is 33.7 Å². The Hall–Kier alpha value is -1.14. The number of carboxylic acids is 1. The summed E-state index contributed by atoms with van der Waals surface area (Å²) >= 11 is 0. The molecule has 3 N–H and O–H groups in total. The molecule has 0 spiro atoms. The molecule has 6 nitrogen and oxygen atoms in total. The summed E-state index contributed by atoms with van der Waals surface area (Å²) < 4.78 is 0. The van der Waals surface area contributed by atoms with Gasteiger partial charge in [0, 0.05) is 40.2 Å². The molecule has 0 aromatic rings. The molecule has 1 heterocycles. The molecule has 1 saturated heterocycles. The van der Waals surface area contributed by atoms with Gasteiger partial charge in [0.2, 0.25) is 5.91 Å². The van der Waals surface area contributed by atoms with Crippen LogP contribution in [-0.2, 0) is 9.59 Å². The molecule has 0 aromatic carbocycles. The third-order valence-corrected chi connectivity index (χ3v) is 2.75. The maximum atomic E-state index is 11.3. The van der Waals surface area contributed by atoms with E-state index in [2.05, 4.69) is 10.6 Å². The minimum atomic E-state index is -0.812. The Bertz CT molecular complexity index is 274. The molecule has 0 aliphatic carbocycles. The lowest BCUT2D eigenvalue weighted by atomic mass is 9.88. The second-order valence-electron chi connectivity index (χ2n) is 4.42. The molecule has 1 fully saturated rings. The van der Waals surface area contributed by atoms with E-state index in [9.17, 15) is 9.59 Å². The van der Waals surface area contributed by atoms with Crippen molar-refractivity contribution in [2.45, 2.75) is 18.4 Å². The van der Waals surface area contributed by atoms with Gasteiger partial charge in [-0.15, -0.1) is 0 Å². The Kier molecular flexibility index (Phi) is 4.26. The summed E-state index contributed by atoms with van der Waals surface area (Å²) in [6.45, 7) is 1.82. The lowest BCUT2D eigenvalue weighted by molar-refractivity contribution is -0.139. The van der Waals surface area contributed by atoms with E-state index < -0.39 is 5.97 Å². The number of nitrogens with zero attached hydrogens (tertiary/aromatic N) is 1. The summed E-state index contributed by atoms with van der Waals surface area (Å²) in [6, 6.07) is 0. The van der Waals surface area contributed by atoms with Crippen LogP contribution in [0.3, 0.4) is 0 Å². The molecule has 0 atom stereocenters. The van der Waals surface area contributed by atoms with Crippen LogP contribution in [0.25, 0.3) is 0 Å². The molecule has 0 unspecified atom stereocenters. The van der Waals surface area contributed by atoms with Crippen LogP contribution in [0.1, 0.15) is 12.8 Å². The third-order valence-electron chi connectivity index (χ3n) is 2.75. The number of aliphatic carboxylic acids is 1. The normalized spacial score (nSPS) is 17.6. The van der Waals surface area contributed by atoms with E-state index in [4.69, 9.17) is 5.11 Å². The van der Waals surface area contributed by atoms with Gasteiger partial charge in [-0.3, -0.25) is 9.59 Å². The maximum absolute atomic E-state index is 11.3. The average Bonchev–Trinajstić information content (AvgIpc) is 2.12. The third kappa shape index (κ3) is 3.46. The molecular formula is C10H19N3O3. The van der Waals surface area contributed by atoms with E-state index in [1.165, 1.54) is 4.90 Å². The Morgan fingerprint density at radius 2 is 2.06 bits per heavy atom. The van der Waals surface area contributed by atoms with Crippen molar-refractivity contribution in [3.63, 3.8) is 0 Å². The first-order valence-electron chi connectivity index (χ1n) is 5.33. The molecule has 0 bridgehead atoms. The zero-order valence-electron chi connectivity index (χ0n) is 9.75. The second kappa shape index (κ2) is 5.27. The van der Waals surface area contributed by atoms with E-state index in [-0.39, 0.29) is 17.9 Å². The minimum Gasteiger partial charge on any atom is -0.481 e. The summed E-state index contributed by atoms with van der Waals surface area (Å²) in [5.74, 6) is -0.766. The molecule has 6 heteroatoms. The van der Waals surface area contributed by atoms with Gasteiger partial charge in [-0.1, -0.05) is 0 Å². The smallest absolute Gasteiger partial charge is 0.305 e. The standard InChI is InChI=1S/C10H19N3O3/c1-13(2)8(14)3-4-12-10(5-9(15)16)6-11-7-10/h11-12H,3-7H2,1-2H3,(H,15,16). The number of carboxylic acid groups (broad SMARTS) is 1. The van der Waals surface area contributed by atoms with E-state index in [1.54, 1.807) is 14.1 Å². The maximum Gasteiger partial charge on any atom is 0.305 e. The number of hydrogen-bond acceptors (Lipinski definition) is 4. The van der Waals surface area contributed by atoms with E-state index in [1.807, 2.05) is 0 Å². The highest BCUT2D eigenvalue weighted by molar-refractivity contribution is 5.75. The first-order chi connectivity index (χ1) is 7.45. The number of carbonyl (C=O) groups excluding carboxylic acids is 1. The lowest BCUT2D eigenvalue weighted by Gasteiger charge is -2.42. The van der Waals surface area contributed by atoms with Crippen LogP contribution in [0.2, 0.25) is 0 Å². The quantitative estimate of drug-likeness (QED) is 0.537. The summed E-state index contributed by atoms with van der Waals surface area (Å²) in [6.07, 6.45) is 0.491. The number of nitrogens with one attached hydrogen (secondary N) is 2. The van der Waals surface area contributed by atoms with Crippen LogP contribution >= 0.6 is 0 Å². The van der Waals surface area contributed by atoms with Crippen molar-refractivity contribution in [3.8, 4) is 0 Å². The monoisotopic (exact) mass is 229 g/mol. The molecule has 0 saturated carbocycles. The molecule has 1 amide bonds. The van der Waals surface area contributed by atoms with Crippen LogP contribution < -0.4 is 10.6 Å². The predicted molar refractivity (Wildman–Crippen MR) is 59.2 cm³/mol. The van der Waals surface area contributed by atoms with Crippen LogP contribution in [0, 0.1) is 0 Å². The molecule has 92 valence electrons. The predicted octanol–water partition coefficient (Wildman–Crippen LogP) is -1.13. The van der Waals surface area contributed by atoms with E-state index in [0.29, 0.717) is 26.1 Å². The second-order valence-corrected chi connectivity index (χ2v) is 4.42. The number of hydrogen-bond donors (Lipinski definition) is 3. The Morgan fingerprint density at radius 1 is 1.44 bits per heavy atom. The van der Waals surface area contributed by atoms with Crippen molar-refractivity contribution >= 4 is 11.9 Å². The molecule has 0 aromatic heterocycles. The SMILES string of the molecule is CN(C)C(=O)CCNC1(CC(=O)O)CNC1. The summed E-state index contributed by atoms with van der Waals surface area (Å²) in [7, 11) is 3.42. The van der Waals surface area contributed by atoms with Crippen LogP contribution in [0.15, 0.2) is 0 Å². The first-order valence-corrected chi connectivity index (χ1v) is 5.33. The lowest BCUT2D eigenvalue weighted by Crippen LogP contribution is -2.68. The highest BCUT2D eigenvalue weighted by atomic mass is 16.4. The molecule has 0 radical (unpaired) electrons. The first kappa shape index (κ1) is 12.9. The van der Waals surface area contributed by atoms with E-state index in [0.717, 1.165) is 0 Å². The van der Waals surface area contributed by atoms with Gasteiger partial charge in [-0.05, 0) is 0 Å². The average molecular weight is 229 g/mol. The van der Waals surface area contributed by atoms with Gasteiger partial charge in [0.05, 0.1) is 12.0 Å². The van der Waals surface area contributed by atoms with Gasteiger partial charge in [0.1, 0.15) is 0 Å². The highest BCUT2D eigenvalue weighted by Gasteiger charge is 2.38. The van der Waals surface area contributed by atoms with Crippen LogP contribution in [0.5, 0.6) is 0 Å². The van der Waals surface area contributed by atoms with Crippen molar-refractivity contribution in [1.29, 1.82) is 0 Å². The van der Waals surface area contributed by atoms with E-state index >= 15 is 0 Å². The van der Waals surface area contributed by atoms with Gasteiger partial charge < -0.3 is 20.6 Å². The molecular weight excluding hydrogens is 210 g/mol. The summed E-state index contributed by atoms with van der Waals surface area (Å²) in [5.41, 5.74) is -0.363. The van der Waals surface area contributed by atoms with Crippen LogP contribution in [-0.4, -0.2) is 61.2 Å². The number of rotatable bonds is 6. The summed E-state index contributed by atoms with van der Waals surface area (Å²) in [4.78, 5) is 23.5. The minimum absolute atomic E-state index is 0.0465. The van der Waals surface area contributed by atoms with Crippen molar-refractivity contribution in [1.82, 2.24) is 15.5 Å². The molecule has 1 aliphatic heterocycles. The Balaban J connectivity index is 2.29. The van der Waals surface area contributed by atoms with Crippen molar-refractivity contribution in [3.05, 3.63) is 0 Å². The van der Waals surface area contributed by atoms with Gasteiger partial charge in [-0.25, -0.2) is 0 Å². The van der Waals surface area contributed by atoms with Gasteiger partial charge in [-0.2, -0.15) is 0 Å². The molecule has 1 aliphatic rings. The fourth-order valence-corrected chi connectivity index (χ4v) is 1.69. The number of amides is 1. The Morgan fingerprint density at radius 3 is 2.44 bits per heavy atom. The van der Waals surface area contributed by atoms with Gasteiger partial charge in [0.25, 0.3) is 0 Å². The van der Waals surface area contributed by atoms with Crippen molar-refractivity contribution < 1.29 is 14.7 Å². The topological polar surface area (TPSA) is 81.7 Å². The largest absolute Gasteiger partial charge is 0.481 e. The fourth-order valence-electron chi connectivity index (χ4n) is 1.69. The van der Waals surface area contributed by atoms with Gasteiger partial charge >= 0.3 is 5.97 Å². The number of carbonyl (C=O) groups is 2. The molecule has 1 rings (SSSR count). The summed E-state index contributed by atoms with van der Waals surface area (Å²) in [5, 5.41) is 15.0. The fraction of sp³-hybridized carbons (Fsp3) is 0.800. The zero-order valence-corrected chi connectivity index (χ0v) is 9.75. The van der Waals surface area contributed by atoms with Crippen molar-refractivity contribution in [2.24, 2.45) is 0 Å². The Labute approximate surface area is 95.0 Å². The van der Waals surface area contributed by atoms with Crippen LogP contribution in [0.4, 0.5) is 0 Å². The highest BCUT2D eigenvalue weighted by Crippen LogP contribution is 2.15. The molecule has 16 heavy (non-hydrogen) atoms. The zero-order chi connectivity index (χ0) is 12.2. The van der Waals surface area contributed by atoms with Gasteiger partial charge in [0.15, 0.2) is 0 Å².